The molecular formula is C19H25Br2N3Y-2. The van der Waals surface area contributed by atoms with Gasteiger partial charge in [0.25, 0.3) is 0 Å². The number of hydrogen-bond acceptors (Lipinski definition) is 1. The fourth-order valence-corrected chi connectivity index (χ4v) is 3.24. The summed E-state index contributed by atoms with van der Waals surface area (Å²) in [6.07, 6.45) is 0.904. The quantitative estimate of drug-likeness (QED) is 0.258. The Hall–Kier alpha value is 0.384. The zero-order valence-electron chi connectivity index (χ0n) is 14.9. The third kappa shape index (κ3) is 8.29. The molecule has 0 aromatic heterocycles. The van der Waals surface area contributed by atoms with Crippen LogP contribution in [0, 0.1) is 0 Å². The molecule has 6 heteroatoms. The number of nitrogens with two attached hydrogens (primary N) is 1. The molecule has 0 aliphatic heterocycles. The van der Waals surface area contributed by atoms with Crippen molar-refractivity contribution in [1.29, 1.82) is 0 Å². The largest absolute Gasteiger partial charge is 0.674 e. The molecule has 25 heavy (non-hydrogen) atoms. The van der Waals surface area contributed by atoms with Crippen molar-refractivity contribution >= 4 is 31.9 Å². The van der Waals surface area contributed by atoms with Crippen molar-refractivity contribution in [2.45, 2.75) is 42.9 Å². The third-order valence-corrected chi connectivity index (χ3v) is 4.38. The van der Waals surface area contributed by atoms with Crippen molar-refractivity contribution < 1.29 is 32.7 Å². The topological polar surface area (TPSA) is 73.6 Å². The summed E-state index contributed by atoms with van der Waals surface area (Å²) in [5.74, 6) is 9.00. The van der Waals surface area contributed by atoms with Crippen LogP contribution in [-0.2, 0) is 51.1 Å². The monoisotopic (exact) mass is 542 g/mol. The molecule has 0 heterocycles. The van der Waals surface area contributed by atoms with E-state index < -0.39 is 0 Å². The molecule has 0 amide bonds. The predicted molar refractivity (Wildman–Crippen MR) is 112 cm³/mol. The van der Waals surface area contributed by atoms with E-state index in [9.17, 15) is 0 Å². The van der Waals surface area contributed by atoms with Crippen molar-refractivity contribution in [3.63, 3.8) is 0 Å². The van der Waals surface area contributed by atoms with Crippen molar-refractivity contribution in [3.8, 4) is 11.1 Å². The first kappa shape index (κ1) is 25.4. The van der Waals surface area contributed by atoms with E-state index >= 15 is 0 Å². The summed E-state index contributed by atoms with van der Waals surface area (Å²) in [6, 6.07) is 15.3. The van der Waals surface area contributed by atoms with Crippen LogP contribution in [0.3, 0.4) is 0 Å². The Morgan fingerprint density at radius 2 is 1.44 bits per heavy atom. The van der Waals surface area contributed by atoms with Gasteiger partial charge in [-0.15, -0.1) is 6.54 Å². The van der Waals surface area contributed by atoms with E-state index in [1.54, 1.807) is 0 Å². The summed E-state index contributed by atoms with van der Waals surface area (Å²) in [7, 11) is 0. The minimum absolute atomic E-state index is 0. The molecule has 0 spiro atoms. The predicted octanol–water partition coefficient (Wildman–Crippen LogP) is 6.77. The Labute approximate surface area is 193 Å². The van der Waals surface area contributed by atoms with Crippen LogP contribution in [0.2, 0.25) is 0 Å². The van der Waals surface area contributed by atoms with Gasteiger partial charge in [-0.1, -0.05) is 101 Å². The molecule has 0 aliphatic rings. The van der Waals surface area contributed by atoms with E-state index in [0.717, 1.165) is 12.0 Å². The molecule has 0 bridgehead atoms. The second-order valence-electron chi connectivity index (χ2n) is 6.64. The van der Waals surface area contributed by atoms with Gasteiger partial charge in [0.15, 0.2) is 0 Å². The number of halogens is 2. The van der Waals surface area contributed by atoms with Crippen molar-refractivity contribution in [2.24, 2.45) is 5.84 Å². The molecule has 2 aromatic rings. The Balaban J connectivity index is 0.00000185. The maximum absolute atomic E-state index is 7.67. The van der Waals surface area contributed by atoms with Gasteiger partial charge in [-0.3, -0.25) is 0 Å². The van der Waals surface area contributed by atoms with Gasteiger partial charge in [0.1, 0.15) is 0 Å². The molecule has 135 valence electrons. The molecular weight excluding hydrogens is 519 g/mol. The maximum Gasteiger partial charge on any atom is 0.0738 e. The molecule has 2 rings (SSSR count). The summed E-state index contributed by atoms with van der Waals surface area (Å²) in [5.41, 5.74) is 13.9. The van der Waals surface area contributed by atoms with Gasteiger partial charge in [0, 0.05) is 32.7 Å². The SMILES string of the molecule is CC(C)(C)c1ccc(-c2cc(C[NH-])cc(CC(Br)Br)c2)cc1.[NH-]N.[Y]. The normalized spacial score (nSPS) is 10.8. The van der Waals surface area contributed by atoms with Crippen LogP contribution in [0.25, 0.3) is 22.7 Å². The fourth-order valence-electron chi connectivity index (χ4n) is 2.49. The molecule has 0 unspecified atom stereocenters. The summed E-state index contributed by atoms with van der Waals surface area (Å²) in [6.45, 7) is 7.00. The molecule has 3 nitrogen and oxygen atoms in total. The molecule has 0 fully saturated rings. The van der Waals surface area contributed by atoms with E-state index in [1.807, 2.05) is 0 Å². The third-order valence-electron chi connectivity index (χ3n) is 3.73. The number of alkyl halides is 2. The zero-order valence-corrected chi connectivity index (χ0v) is 21.0. The van der Waals surface area contributed by atoms with Crippen LogP contribution < -0.4 is 5.84 Å². The van der Waals surface area contributed by atoms with Gasteiger partial charge in [-0.2, -0.15) is 0 Å². The Kier molecular flexibility index (Phi) is 12.1. The second-order valence-corrected chi connectivity index (χ2v) is 10.1. The molecule has 4 N–H and O–H groups in total. The van der Waals surface area contributed by atoms with E-state index in [1.165, 1.54) is 22.3 Å². The summed E-state index contributed by atoms with van der Waals surface area (Å²) >= 11 is 7.08. The molecule has 0 atom stereocenters. The van der Waals surface area contributed by atoms with Gasteiger partial charge in [0.05, 0.1) is 3.74 Å². The van der Waals surface area contributed by atoms with Gasteiger partial charge in [-0.25, -0.2) is 0 Å². The van der Waals surface area contributed by atoms with Gasteiger partial charge >= 0.3 is 0 Å². The molecule has 2 aromatic carbocycles. The smallest absolute Gasteiger partial charge is 0.0738 e. The number of rotatable bonds is 4. The first-order valence-electron chi connectivity index (χ1n) is 7.75. The second kappa shape index (κ2) is 12.0. The number of nitrogens with one attached hydrogen (secondary N) is 2. The molecule has 0 saturated heterocycles. The molecule has 0 aliphatic carbocycles. The fraction of sp³-hybridized carbons (Fsp3) is 0.368. The summed E-state index contributed by atoms with van der Waals surface area (Å²) in [5, 5.41) is 0. The van der Waals surface area contributed by atoms with Crippen molar-refractivity contribution in [1.82, 2.24) is 0 Å². The average Bonchev–Trinajstić information content (AvgIpc) is 2.55. The van der Waals surface area contributed by atoms with Crippen molar-refractivity contribution in [3.05, 3.63) is 70.7 Å². The van der Waals surface area contributed by atoms with Gasteiger partial charge in [-0.05, 0) is 34.1 Å². The zero-order chi connectivity index (χ0) is 18.3. The first-order valence-corrected chi connectivity index (χ1v) is 9.58. The Bertz CT molecular complexity index is 638. The van der Waals surface area contributed by atoms with E-state index in [-0.39, 0.29) is 41.9 Å². The van der Waals surface area contributed by atoms with Crippen LogP contribution in [0.5, 0.6) is 0 Å². The molecule has 0 saturated carbocycles. The first-order chi connectivity index (χ1) is 11.3. The van der Waals surface area contributed by atoms with Crippen LogP contribution in [0.4, 0.5) is 0 Å². The number of benzene rings is 2. The number of hydrogen-bond donors (Lipinski definition) is 1. The van der Waals surface area contributed by atoms with Crippen molar-refractivity contribution in [2.75, 3.05) is 0 Å². The Morgan fingerprint density at radius 3 is 1.88 bits per heavy atom. The van der Waals surface area contributed by atoms with E-state index in [2.05, 4.69) is 101 Å². The minimum Gasteiger partial charge on any atom is -0.674 e. The Morgan fingerprint density at radius 1 is 0.920 bits per heavy atom. The van der Waals surface area contributed by atoms with Gasteiger partial charge < -0.3 is 17.4 Å². The maximum atomic E-state index is 7.67. The minimum atomic E-state index is 0. The van der Waals surface area contributed by atoms with Crippen LogP contribution >= 0.6 is 31.9 Å². The standard InChI is InChI=1S/C19H22Br2N.H3N2.Y/c1-19(2,3)17-6-4-15(5-7-17)16-9-13(11-18(20)21)8-14(10-16)12-22;1-2;/h4-10,18,22H,11-12H2,1-3H3;1H,2H2;/q2*-1;. The van der Waals surface area contributed by atoms with Gasteiger partial charge in [0.2, 0.25) is 0 Å². The summed E-state index contributed by atoms with van der Waals surface area (Å²) in [4.78, 5) is 0. The van der Waals surface area contributed by atoms with Crippen LogP contribution in [0.15, 0.2) is 42.5 Å². The average molecular weight is 544 g/mol. The van der Waals surface area contributed by atoms with E-state index in [0.29, 0.717) is 6.54 Å². The molecule has 1 radical (unpaired) electrons. The summed E-state index contributed by atoms with van der Waals surface area (Å²) < 4.78 is 0.261. The van der Waals surface area contributed by atoms with E-state index in [4.69, 9.17) is 11.6 Å². The van der Waals surface area contributed by atoms with Crippen LogP contribution in [-0.4, -0.2) is 3.74 Å². The van der Waals surface area contributed by atoms with Crippen LogP contribution in [0.1, 0.15) is 37.5 Å².